The Balaban J connectivity index is 1.80. The van der Waals surface area contributed by atoms with Gasteiger partial charge in [0.15, 0.2) is 0 Å². The number of nitrogens with zero attached hydrogens (tertiary/aromatic N) is 1. The lowest BCUT2D eigenvalue weighted by Crippen LogP contribution is -2.26. The van der Waals surface area contributed by atoms with Gasteiger partial charge in [-0.05, 0) is 30.5 Å². The highest BCUT2D eigenvalue weighted by Crippen LogP contribution is 2.20. The molecule has 1 amide bonds. The number of hydrogen-bond donors (Lipinski definition) is 2. The highest BCUT2D eigenvalue weighted by atomic mass is 16.1. The maximum atomic E-state index is 11.2. The molecule has 1 saturated carbocycles. The zero-order chi connectivity index (χ0) is 13.7. The summed E-state index contributed by atoms with van der Waals surface area (Å²) >= 11 is 0. The van der Waals surface area contributed by atoms with Gasteiger partial charge in [-0.2, -0.15) is 0 Å². The van der Waals surface area contributed by atoms with Crippen LogP contribution in [0, 0.1) is 0 Å². The van der Waals surface area contributed by atoms with Crippen LogP contribution in [0.3, 0.4) is 0 Å². The monoisotopic (exact) mass is 261 g/mol. The van der Waals surface area contributed by atoms with Crippen molar-refractivity contribution in [2.24, 2.45) is 0 Å². The maximum Gasteiger partial charge on any atom is 0.221 e. The summed E-state index contributed by atoms with van der Waals surface area (Å²) in [4.78, 5) is 13.3. The van der Waals surface area contributed by atoms with E-state index in [0.29, 0.717) is 6.42 Å². The first kappa shape index (κ1) is 13.9. The number of nitrogens with one attached hydrogen (secondary N) is 2. The first-order chi connectivity index (χ1) is 9.19. The molecule has 1 fully saturated rings. The highest BCUT2D eigenvalue weighted by molar-refractivity contribution is 5.76. The second-order valence-corrected chi connectivity index (χ2v) is 5.17. The molecule has 0 bridgehead atoms. The van der Waals surface area contributed by atoms with Crippen molar-refractivity contribution >= 4 is 11.6 Å². The van der Waals surface area contributed by atoms with Crippen LogP contribution in [0.4, 0.5) is 5.69 Å². The van der Waals surface area contributed by atoms with E-state index >= 15 is 0 Å². The van der Waals surface area contributed by atoms with Gasteiger partial charge in [0, 0.05) is 45.3 Å². The molecule has 0 heterocycles. The normalized spacial score (nSPS) is 14.2. The Morgan fingerprint density at radius 3 is 2.58 bits per heavy atom. The molecule has 0 spiro atoms. The van der Waals surface area contributed by atoms with Crippen LogP contribution in [0.2, 0.25) is 0 Å². The van der Waals surface area contributed by atoms with Gasteiger partial charge >= 0.3 is 0 Å². The number of anilines is 1. The lowest BCUT2D eigenvalue weighted by molar-refractivity contribution is -0.120. The minimum absolute atomic E-state index is 0.0807. The molecule has 0 saturated heterocycles. The van der Waals surface area contributed by atoms with Gasteiger partial charge in [0.05, 0.1) is 0 Å². The van der Waals surface area contributed by atoms with Crippen LogP contribution >= 0.6 is 0 Å². The molecule has 1 aromatic rings. The highest BCUT2D eigenvalue weighted by Gasteiger charge is 2.19. The molecule has 4 nitrogen and oxygen atoms in total. The second kappa shape index (κ2) is 6.57. The summed E-state index contributed by atoms with van der Waals surface area (Å²) in [5.74, 6) is 0.0807. The predicted molar refractivity (Wildman–Crippen MR) is 78.3 cm³/mol. The summed E-state index contributed by atoms with van der Waals surface area (Å²) in [6.45, 7) is 1.69. The molecule has 2 N–H and O–H groups in total. The van der Waals surface area contributed by atoms with Crippen LogP contribution in [0.1, 0.15) is 24.8 Å². The SMILES string of the molecule is CNC(=O)CCN(C)c1ccc(CNC2CC2)cc1. The van der Waals surface area contributed by atoms with Gasteiger partial charge in [0.25, 0.3) is 0 Å². The Kier molecular flexibility index (Phi) is 4.80. The van der Waals surface area contributed by atoms with Crippen molar-refractivity contribution in [2.75, 3.05) is 25.5 Å². The van der Waals surface area contributed by atoms with Gasteiger partial charge in [0.1, 0.15) is 0 Å². The van der Waals surface area contributed by atoms with E-state index in [0.717, 1.165) is 24.8 Å². The summed E-state index contributed by atoms with van der Waals surface area (Å²) in [6.07, 6.45) is 3.17. The Morgan fingerprint density at radius 1 is 1.32 bits per heavy atom. The number of amides is 1. The number of rotatable bonds is 7. The predicted octanol–water partition coefficient (Wildman–Crippen LogP) is 1.51. The van der Waals surface area contributed by atoms with E-state index in [1.807, 2.05) is 7.05 Å². The molecule has 0 radical (unpaired) electrons. The number of benzene rings is 1. The van der Waals surface area contributed by atoms with Crippen LogP contribution < -0.4 is 15.5 Å². The number of hydrogen-bond acceptors (Lipinski definition) is 3. The van der Waals surface area contributed by atoms with E-state index in [1.165, 1.54) is 18.4 Å². The Morgan fingerprint density at radius 2 is 2.00 bits per heavy atom. The van der Waals surface area contributed by atoms with E-state index in [4.69, 9.17) is 0 Å². The van der Waals surface area contributed by atoms with Crippen molar-refractivity contribution in [1.29, 1.82) is 0 Å². The molecule has 1 aliphatic rings. The van der Waals surface area contributed by atoms with Crippen molar-refractivity contribution in [3.63, 3.8) is 0 Å². The lowest BCUT2D eigenvalue weighted by Gasteiger charge is -2.19. The first-order valence-corrected chi connectivity index (χ1v) is 6.93. The molecule has 0 atom stereocenters. The molecule has 1 aliphatic carbocycles. The number of carbonyl (C=O) groups is 1. The fourth-order valence-electron chi connectivity index (χ4n) is 1.94. The number of carbonyl (C=O) groups excluding carboxylic acids is 1. The standard InChI is InChI=1S/C15H23N3O/c1-16-15(19)9-10-18(2)14-7-3-12(4-8-14)11-17-13-5-6-13/h3-4,7-8,13,17H,5-6,9-11H2,1-2H3,(H,16,19). The topological polar surface area (TPSA) is 44.4 Å². The largest absolute Gasteiger partial charge is 0.374 e. The second-order valence-electron chi connectivity index (χ2n) is 5.17. The van der Waals surface area contributed by atoms with Gasteiger partial charge in [-0.1, -0.05) is 12.1 Å². The van der Waals surface area contributed by atoms with Crippen molar-refractivity contribution in [3.05, 3.63) is 29.8 Å². The molecule has 104 valence electrons. The third kappa shape index (κ3) is 4.56. The van der Waals surface area contributed by atoms with E-state index in [1.54, 1.807) is 7.05 Å². The Bertz CT molecular complexity index is 412. The third-order valence-corrected chi connectivity index (χ3v) is 3.50. The summed E-state index contributed by atoms with van der Waals surface area (Å²) in [7, 11) is 3.68. The van der Waals surface area contributed by atoms with Crippen molar-refractivity contribution in [3.8, 4) is 0 Å². The average molecular weight is 261 g/mol. The van der Waals surface area contributed by atoms with Crippen LogP contribution in [0.25, 0.3) is 0 Å². The smallest absolute Gasteiger partial charge is 0.221 e. The van der Waals surface area contributed by atoms with Gasteiger partial charge in [-0.3, -0.25) is 4.79 Å². The molecule has 2 rings (SSSR count). The summed E-state index contributed by atoms with van der Waals surface area (Å²) in [5, 5.41) is 6.14. The minimum atomic E-state index is 0.0807. The van der Waals surface area contributed by atoms with Gasteiger partial charge in [0.2, 0.25) is 5.91 Å². The van der Waals surface area contributed by atoms with E-state index < -0.39 is 0 Å². The molecule has 0 unspecified atom stereocenters. The van der Waals surface area contributed by atoms with Gasteiger partial charge in [-0.15, -0.1) is 0 Å². The summed E-state index contributed by atoms with van der Waals surface area (Å²) < 4.78 is 0. The zero-order valence-electron chi connectivity index (χ0n) is 11.8. The Labute approximate surface area is 115 Å². The van der Waals surface area contributed by atoms with Crippen molar-refractivity contribution in [1.82, 2.24) is 10.6 Å². The molecular weight excluding hydrogens is 238 g/mol. The van der Waals surface area contributed by atoms with Crippen molar-refractivity contribution < 1.29 is 4.79 Å². The van der Waals surface area contributed by atoms with Gasteiger partial charge < -0.3 is 15.5 Å². The molecule has 0 aromatic heterocycles. The van der Waals surface area contributed by atoms with Crippen molar-refractivity contribution in [2.45, 2.75) is 31.8 Å². The molecule has 19 heavy (non-hydrogen) atoms. The van der Waals surface area contributed by atoms with E-state index in [2.05, 4.69) is 39.8 Å². The van der Waals surface area contributed by atoms with Crippen LogP contribution in [0.15, 0.2) is 24.3 Å². The third-order valence-electron chi connectivity index (χ3n) is 3.50. The summed E-state index contributed by atoms with van der Waals surface area (Å²) in [6, 6.07) is 9.29. The fourth-order valence-corrected chi connectivity index (χ4v) is 1.94. The summed E-state index contributed by atoms with van der Waals surface area (Å²) in [5.41, 5.74) is 2.47. The van der Waals surface area contributed by atoms with E-state index in [9.17, 15) is 4.79 Å². The zero-order valence-corrected chi connectivity index (χ0v) is 11.8. The van der Waals surface area contributed by atoms with Crippen LogP contribution in [0.5, 0.6) is 0 Å². The lowest BCUT2D eigenvalue weighted by atomic mass is 10.2. The van der Waals surface area contributed by atoms with Crippen LogP contribution in [-0.4, -0.2) is 32.6 Å². The molecule has 4 heteroatoms. The van der Waals surface area contributed by atoms with Crippen LogP contribution in [-0.2, 0) is 11.3 Å². The molecular formula is C15H23N3O. The maximum absolute atomic E-state index is 11.2. The van der Waals surface area contributed by atoms with E-state index in [-0.39, 0.29) is 5.91 Å². The minimum Gasteiger partial charge on any atom is -0.374 e. The quantitative estimate of drug-likeness (QED) is 0.782. The Hall–Kier alpha value is -1.55. The van der Waals surface area contributed by atoms with Gasteiger partial charge in [-0.25, -0.2) is 0 Å². The molecule has 0 aliphatic heterocycles. The first-order valence-electron chi connectivity index (χ1n) is 6.93. The fraction of sp³-hybridized carbons (Fsp3) is 0.533. The average Bonchev–Trinajstić information content (AvgIpc) is 3.27. The molecule has 1 aromatic carbocycles.